The molecule has 2 unspecified atom stereocenters. The number of Topliss-reactive ketones (excluding diaryl/α,β-unsaturated/α-hetero) is 1. The van der Waals surface area contributed by atoms with Gasteiger partial charge in [-0.2, -0.15) is 17.7 Å². The number of rotatable bonds is 5. The number of hydrogen-bond donors (Lipinski definition) is 1. The van der Waals surface area contributed by atoms with Crippen molar-refractivity contribution in [3.8, 4) is 0 Å². The van der Waals surface area contributed by atoms with Crippen molar-refractivity contribution < 1.29 is 9.18 Å². The Morgan fingerprint density at radius 2 is 2.03 bits per heavy atom. The zero-order valence-corrected chi connectivity index (χ0v) is 18.4. The summed E-state index contributed by atoms with van der Waals surface area (Å²) >= 11 is 4.77. The van der Waals surface area contributed by atoms with Crippen molar-refractivity contribution in [3.05, 3.63) is 58.7 Å². The van der Waals surface area contributed by atoms with Crippen molar-refractivity contribution in [2.45, 2.75) is 37.5 Å². The maximum absolute atomic E-state index is 14.6. The van der Waals surface area contributed by atoms with Gasteiger partial charge in [0.15, 0.2) is 5.78 Å². The van der Waals surface area contributed by atoms with Gasteiger partial charge in [-0.1, -0.05) is 18.2 Å². The normalized spacial score (nSPS) is 22.3. The molecule has 29 heavy (non-hydrogen) atoms. The van der Waals surface area contributed by atoms with E-state index in [-0.39, 0.29) is 35.2 Å². The molecule has 2 aliphatic rings. The molecule has 2 atom stereocenters. The van der Waals surface area contributed by atoms with Crippen LogP contribution in [0.25, 0.3) is 6.08 Å². The largest absolute Gasteiger partial charge is 0.297 e. The molecular weight excluding hydrogens is 409 g/mol. The van der Waals surface area contributed by atoms with E-state index in [4.69, 9.17) is 12.6 Å². The first-order chi connectivity index (χ1) is 13.4. The van der Waals surface area contributed by atoms with Gasteiger partial charge in [0.1, 0.15) is 5.82 Å². The number of thiol groups is 1. The number of aromatic nitrogens is 2. The lowest BCUT2D eigenvalue weighted by molar-refractivity contribution is -0.126. The van der Waals surface area contributed by atoms with E-state index in [9.17, 15) is 9.18 Å². The minimum Gasteiger partial charge on any atom is -0.297 e. The Balaban J connectivity index is 0.00000240. The molecule has 4 nitrogen and oxygen atoms in total. The molecule has 0 bridgehead atoms. The third-order valence-electron chi connectivity index (χ3n) is 5.69. The van der Waals surface area contributed by atoms with Crippen LogP contribution in [-0.2, 0) is 11.8 Å². The Morgan fingerprint density at radius 3 is 2.66 bits per heavy atom. The molecule has 2 fully saturated rings. The van der Waals surface area contributed by atoms with Crippen molar-refractivity contribution in [2.75, 3.05) is 13.1 Å². The number of carbonyl (C=O) groups is 1. The lowest BCUT2D eigenvalue weighted by Crippen LogP contribution is -2.42. The maximum atomic E-state index is 14.6. The van der Waals surface area contributed by atoms with Gasteiger partial charge in [0.25, 0.3) is 0 Å². The topological polar surface area (TPSA) is 38.1 Å². The molecule has 1 aromatic heterocycles. The zero-order chi connectivity index (χ0) is 19.8. The summed E-state index contributed by atoms with van der Waals surface area (Å²) in [5.74, 6) is -0.0776. The van der Waals surface area contributed by atoms with Crippen molar-refractivity contribution in [1.82, 2.24) is 14.7 Å². The van der Waals surface area contributed by atoms with Gasteiger partial charge in [-0.05, 0) is 50.0 Å². The monoisotopic (exact) mass is 435 g/mol. The number of piperidine rings is 1. The Hall–Kier alpha value is -1.63. The third-order valence-corrected chi connectivity index (χ3v) is 6.28. The predicted octanol–water partition coefficient (Wildman–Crippen LogP) is 4.40. The molecule has 4 rings (SSSR count). The highest BCUT2D eigenvalue weighted by Gasteiger charge is 2.40. The van der Waals surface area contributed by atoms with E-state index in [1.807, 2.05) is 30.8 Å². The smallest absolute Gasteiger partial charge is 0.157 e. The highest BCUT2D eigenvalue weighted by Crippen LogP contribution is 2.39. The second-order valence-electron chi connectivity index (χ2n) is 7.93. The van der Waals surface area contributed by atoms with Crippen molar-refractivity contribution in [2.24, 2.45) is 13.0 Å². The van der Waals surface area contributed by atoms with Gasteiger partial charge in [-0.3, -0.25) is 14.4 Å². The van der Waals surface area contributed by atoms with Crippen LogP contribution in [0.2, 0.25) is 0 Å². The fraction of sp³-hybridized carbons (Fsp3) is 0.455. The molecule has 0 spiro atoms. The number of carbonyl (C=O) groups excluding carboxylic acids is 1. The summed E-state index contributed by atoms with van der Waals surface area (Å²) in [6, 6.07) is 8.20. The molecule has 0 N–H and O–H groups in total. The quantitative estimate of drug-likeness (QED) is 0.707. The minimum absolute atomic E-state index is 0. The number of nitrogens with zero attached hydrogens (tertiary/aromatic N) is 3. The molecular formula is C22H27ClFN3OS. The number of hydrogen-bond acceptors (Lipinski definition) is 4. The van der Waals surface area contributed by atoms with Crippen molar-refractivity contribution in [3.63, 3.8) is 0 Å². The molecule has 1 aliphatic heterocycles. The fourth-order valence-corrected chi connectivity index (χ4v) is 4.30. The van der Waals surface area contributed by atoms with Gasteiger partial charge in [0, 0.05) is 36.9 Å². The van der Waals surface area contributed by atoms with Gasteiger partial charge in [0.05, 0.1) is 17.4 Å². The SMILES string of the molecule is Cc1cc(/C=C2/CN(C(C(=O)C3CC3)c3ccccc3F)CCC2S)n(C)n1.Cl. The number of likely N-dealkylation sites (tertiary alicyclic amines) is 1. The molecule has 7 heteroatoms. The first kappa shape index (κ1) is 22.1. The van der Waals surface area contributed by atoms with E-state index in [2.05, 4.69) is 16.1 Å². The summed E-state index contributed by atoms with van der Waals surface area (Å²) in [4.78, 5) is 15.2. The summed E-state index contributed by atoms with van der Waals surface area (Å²) in [6.45, 7) is 3.30. The molecule has 1 saturated heterocycles. The van der Waals surface area contributed by atoms with Crippen LogP contribution < -0.4 is 0 Å². The Kier molecular flexibility index (Phi) is 6.87. The average molecular weight is 436 g/mol. The second kappa shape index (κ2) is 9.02. The maximum Gasteiger partial charge on any atom is 0.157 e. The van der Waals surface area contributed by atoms with E-state index >= 15 is 0 Å². The van der Waals surface area contributed by atoms with E-state index in [1.165, 1.54) is 6.07 Å². The minimum atomic E-state index is -0.522. The van der Waals surface area contributed by atoms with Crippen LogP contribution in [0.1, 0.15) is 42.3 Å². The highest BCUT2D eigenvalue weighted by atomic mass is 35.5. The third kappa shape index (κ3) is 4.76. The lowest BCUT2D eigenvalue weighted by Gasteiger charge is -2.37. The molecule has 156 valence electrons. The molecule has 1 aliphatic carbocycles. The first-order valence-corrected chi connectivity index (χ1v) is 10.4. The van der Waals surface area contributed by atoms with Crippen LogP contribution in [0.15, 0.2) is 35.9 Å². The van der Waals surface area contributed by atoms with Crippen molar-refractivity contribution in [1.29, 1.82) is 0 Å². The van der Waals surface area contributed by atoms with Crippen LogP contribution >= 0.6 is 25.0 Å². The Bertz CT molecular complexity index is 925. The van der Waals surface area contributed by atoms with Crippen LogP contribution in [0.5, 0.6) is 0 Å². The van der Waals surface area contributed by atoms with Gasteiger partial charge in [0.2, 0.25) is 0 Å². The highest BCUT2D eigenvalue weighted by molar-refractivity contribution is 7.81. The molecule has 0 radical (unpaired) electrons. The van der Waals surface area contributed by atoms with E-state index in [0.29, 0.717) is 12.1 Å². The number of benzene rings is 1. The summed E-state index contributed by atoms with van der Waals surface area (Å²) in [6.07, 6.45) is 4.78. The summed E-state index contributed by atoms with van der Waals surface area (Å²) in [5, 5.41) is 4.53. The summed E-state index contributed by atoms with van der Waals surface area (Å²) in [7, 11) is 1.92. The lowest BCUT2D eigenvalue weighted by atomic mass is 9.93. The molecule has 1 saturated carbocycles. The van der Waals surface area contributed by atoms with Gasteiger partial charge < -0.3 is 0 Å². The van der Waals surface area contributed by atoms with E-state index < -0.39 is 6.04 Å². The number of halogens is 2. The molecule has 0 amide bonds. The fourth-order valence-electron chi connectivity index (χ4n) is 4.03. The van der Waals surface area contributed by atoms with Crippen LogP contribution in [-0.4, -0.2) is 38.8 Å². The summed E-state index contributed by atoms with van der Waals surface area (Å²) < 4.78 is 16.4. The van der Waals surface area contributed by atoms with Gasteiger partial charge in [-0.15, -0.1) is 12.4 Å². The Labute approximate surface area is 183 Å². The van der Waals surface area contributed by atoms with Gasteiger partial charge in [-0.25, -0.2) is 4.39 Å². The number of ketones is 1. The summed E-state index contributed by atoms with van der Waals surface area (Å²) in [5.41, 5.74) is 3.62. The number of aryl methyl sites for hydroxylation is 2. The standard InChI is InChI=1S/C22H26FN3OS.ClH/c1-14-11-17(25(2)24-14)12-16-13-26(10-9-20(16)28)21(22(27)15-7-8-15)18-5-3-4-6-19(18)23;/h3-6,11-12,15,20-21,28H,7-10,13H2,1-2H3;1H/b16-12-;. The molecule has 2 heterocycles. The predicted molar refractivity (Wildman–Crippen MR) is 119 cm³/mol. The molecule has 2 aromatic rings. The van der Waals surface area contributed by atoms with Crippen LogP contribution in [0.3, 0.4) is 0 Å². The molecule has 1 aromatic carbocycles. The van der Waals surface area contributed by atoms with Crippen LogP contribution in [0.4, 0.5) is 4.39 Å². The van der Waals surface area contributed by atoms with Crippen molar-refractivity contribution >= 4 is 36.9 Å². The Morgan fingerprint density at radius 1 is 1.31 bits per heavy atom. The van der Waals surface area contributed by atoms with E-state index in [1.54, 1.807) is 12.1 Å². The van der Waals surface area contributed by atoms with E-state index in [0.717, 1.165) is 42.8 Å². The average Bonchev–Trinajstić information content (AvgIpc) is 3.45. The van der Waals surface area contributed by atoms with Crippen LogP contribution in [0, 0.1) is 18.7 Å². The second-order valence-corrected chi connectivity index (χ2v) is 8.55. The van der Waals surface area contributed by atoms with Gasteiger partial charge >= 0.3 is 0 Å². The zero-order valence-electron chi connectivity index (χ0n) is 16.7. The first-order valence-electron chi connectivity index (χ1n) is 9.85.